The molecule has 0 unspecified atom stereocenters. The Bertz CT molecular complexity index is 1180. The minimum absolute atomic E-state index is 0.111. The number of carbonyl (C=O) groups excluding carboxylic acids is 1. The van der Waals surface area contributed by atoms with Gasteiger partial charge in [-0.2, -0.15) is 4.98 Å². The Morgan fingerprint density at radius 1 is 1.21 bits per heavy atom. The van der Waals surface area contributed by atoms with Gasteiger partial charge in [-0.15, -0.1) is 16.4 Å². The number of amides is 1. The molecule has 7 nitrogen and oxygen atoms in total. The second-order valence-electron chi connectivity index (χ2n) is 6.52. The Balaban J connectivity index is 1.48. The maximum absolute atomic E-state index is 12.3. The number of fused-ring (bicyclic) bond motifs is 1. The number of hydrogen-bond acceptors (Lipinski definition) is 6. The van der Waals surface area contributed by atoms with Crippen molar-refractivity contribution in [2.45, 2.75) is 13.8 Å². The maximum atomic E-state index is 12.3. The fraction of sp³-hybridized carbons (Fsp3) is 0.190. The van der Waals surface area contributed by atoms with Gasteiger partial charge in [0.25, 0.3) is 11.9 Å². The van der Waals surface area contributed by atoms with Crippen LogP contribution in [0.1, 0.15) is 11.1 Å². The summed E-state index contributed by atoms with van der Waals surface area (Å²) in [6.45, 7) is 3.86. The van der Waals surface area contributed by atoms with E-state index in [2.05, 4.69) is 15.4 Å². The lowest BCUT2D eigenvalue weighted by molar-refractivity contribution is -0.118. The van der Waals surface area contributed by atoms with Crippen molar-refractivity contribution in [3.05, 3.63) is 59.0 Å². The molecule has 2 heterocycles. The van der Waals surface area contributed by atoms with Crippen LogP contribution in [0.2, 0.25) is 0 Å². The quantitative estimate of drug-likeness (QED) is 0.520. The predicted octanol–water partition coefficient (Wildman–Crippen LogP) is 4.10. The van der Waals surface area contributed by atoms with Gasteiger partial charge in [-0.05, 0) is 43.2 Å². The summed E-state index contributed by atoms with van der Waals surface area (Å²) >= 11 is 1.45. The topological polar surface area (TPSA) is 77.8 Å². The Morgan fingerprint density at radius 2 is 2.03 bits per heavy atom. The summed E-state index contributed by atoms with van der Waals surface area (Å²) in [4.78, 5) is 17.3. The van der Waals surface area contributed by atoms with Crippen LogP contribution in [0.15, 0.2) is 47.8 Å². The average Bonchev–Trinajstić information content (AvgIpc) is 3.29. The number of thiazole rings is 1. The summed E-state index contributed by atoms with van der Waals surface area (Å²) in [6, 6.07) is 13.5. The van der Waals surface area contributed by atoms with Crippen molar-refractivity contribution in [1.82, 2.24) is 14.6 Å². The largest absolute Gasteiger partial charge is 0.497 e. The molecule has 2 aromatic heterocycles. The fourth-order valence-electron chi connectivity index (χ4n) is 2.90. The number of anilines is 1. The summed E-state index contributed by atoms with van der Waals surface area (Å²) in [6.07, 6.45) is 0. The number of carbonyl (C=O) groups is 1. The maximum Gasteiger partial charge on any atom is 0.264 e. The highest BCUT2D eigenvalue weighted by molar-refractivity contribution is 7.15. The van der Waals surface area contributed by atoms with Gasteiger partial charge in [0.1, 0.15) is 11.5 Å². The molecule has 0 radical (unpaired) electrons. The van der Waals surface area contributed by atoms with Crippen LogP contribution in [-0.2, 0) is 4.79 Å². The summed E-state index contributed by atoms with van der Waals surface area (Å²) < 4.78 is 12.6. The first-order valence-electron chi connectivity index (χ1n) is 9.02. The number of nitrogens with zero attached hydrogens (tertiary/aromatic N) is 3. The molecule has 4 rings (SSSR count). The van der Waals surface area contributed by atoms with Crippen LogP contribution in [0.3, 0.4) is 0 Å². The van der Waals surface area contributed by atoms with Gasteiger partial charge in [0.05, 0.1) is 12.8 Å². The predicted molar refractivity (Wildman–Crippen MR) is 113 cm³/mol. The van der Waals surface area contributed by atoms with Crippen LogP contribution in [0.4, 0.5) is 5.95 Å². The molecule has 1 N–H and O–H groups in total. The van der Waals surface area contributed by atoms with Gasteiger partial charge in [0.2, 0.25) is 4.96 Å². The second-order valence-corrected chi connectivity index (χ2v) is 7.35. The number of hydrogen-bond donors (Lipinski definition) is 1. The first-order chi connectivity index (χ1) is 14.0. The number of ether oxygens (including phenoxy) is 2. The molecule has 0 aliphatic rings. The highest BCUT2D eigenvalue weighted by atomic mass is 32.1. The molecule has 8 heteroatoms. The lowest BCUT2D eigenvalue weighted by Crippen LogP contribution is -2.21. The smallest absolute Gasteiger partial charge is 0.264 e. The first-order valence-corrected chi connectivity index (χ1v) is 9.90. The molecule has 29 heavy (non-hydrogen) atoms. The van der Waals surface area contributed by atoms with Crippen LogP contribution in [0, 0.1) is 13.8 Å². The van der Waals surface area contributed by atoms with Crippen LogP contribution in [-0.4, -0.2) is 34.2 Å². The molecule has 0 bridgehead atoms. The van der Waals surface area contributed by atoms with Crippen molar-refractivity contribution in [3.8, 4) is 22.8 Å². The van der Waals surface area contributed by atoms with E-state index in [0.29, 0.717) is 10.7 Å². The van der Waals surface area contributed by atoms with E-state index in [-0.39, 0.29) is 18.5 Å². The van der Waals surface area contributed by atoms with E-state index in [1.54, 1.807) is 11.6 Å². The molecule has 0 saturated heterocycles. The van der Waals surface area contributed by atoms with Crippen molar-refractivity contribution < 1.29 is 14.3 Å². The Labute approximate surface area is 171 Å². The first kappa shape index (κ1) is 18.9. The highest BCUT2D eigenvalue weighted by Gasteiger charge is 2.14. The van der Waals surface area contributed by atoms with Gasteiger partial charge < -0.3 is 9.47 Å². The number of aryl methyl sites for hydroxylation is 1. The number of rotatable bonds is 6. The van der Waals surface area contributed by atoms with Crippen molar-refractivity contribution >= 4 is 28.2 Å². The second kappa shape index (κ2) is 7.92. The molecule has 0 atom stereocenters. The van der Waals surface area contributed by atoms with Crippen LogP contribution >= 0.6 is 11.3 Å². The number of methoxy groups -OCH3 is 1. The molecule has 148 valence electrons. The van der Waals surface area contributed by atoms with Crippen LogP contribution in [0.5, 0.6) is 11.5 Å². The van der Waals surface area contributed by atoms with Gasteiger partial charge in [0, 0.05) is 10.9 Å². The van der Waals surface area contributed by atoms with E-state index in [9.17, 15) is 4.79 Å². The zero-order valence-electron chi connectivity index (χ0n) is 16.3. The number of benzene rings is 2. The highest BCUT2D eigenvalue weighted by Crippen LogP contribution is 2.28. The van der Waals surface area contributed by atoms with Crippen LogP contribution in [0.25, 0.3) is 16.2 Å². The lowest BCUT2D eigenvalue weighted by Gasteiger charge is -2.10. The third-order valence-electron chi connectivity index (χ3n) is 4.61. The SMILES string of the molecule is COc1cccc(-c2csc3nc(NC(=O)COc4cccc(C)c4C)nn23)c1. The third kappa shape index (κ3) is 3.93. The monoisotopic (exact) mass is 408 g/mol. The molecule has 2 aromatic carbocycles. The molecular formula is C21H20N4O3S. The molecule has 4 aromatic rings. The third-order valence-corrected chi connectivity index (χ3v) is 5.43. The van der Waals surface area contributed by atoms with E-state index < -0.39 is 0 Å². The summed E-state index contributed by atoms with van der Waals surface area (Å²) in [5, 5.41) is 9.09. The average molecular weight is 408 g/mol. The van der Waals surface area contributed by atoms with E-state index in [1.165, 1.54) is 11.3 Å². The van der Waals surface area contributed by atoms with Crippen molar-refractivity contribution in [3.63, 3.8) is 0 Å². The fourth-order valence-corrected chi connectivity index (χ4v) is 3.73. The van der Waals surface area contributed by atoms with E-state index >= 15 is 0 Å². The van der Waals surface area contributed by atoms with Crippen molar-refractivity contribution in [2.24, 2.45) is 0 Å². The lowest BCUT2D eigenvalue weighted by atomic mass is 10.1. The Hall–Kier alpha value is -3.39. The van der Waals surface area contributed by atoms with Gasteiger partial charge in [0.15, 0.2) is 6.61 Å². The van der Waals surface area contributed by atoms with Gasteiger partial charge in [-0.1, -0.05) is 24.3 Å². The molecule has 1 amide bonds. The zero-order chi connectivity index (χ0) is 20.4. The molecule has 0 saturated carbocycles. The standard InChI is InChI=1S/C21H20N4O3S/c1-13-6-4-9-18(14(13)2)28-11-19(26)22-20-23-21-25(24-20)17(12-29-21)15-7-5-8-16(10-15)27-3/h4-10,12H,11H2,1-3H3,(H,22,24,26). The summed E-state index contributed by atoms with van der Waals surface area (Å²) in [7, 11) is 1.63. The van der Waals surface area contributed by atoms with Gasteiger partial charge in [-0.3, -0.25) is 10.1 Å². The van der Waals surface area contributed by atoms with E-state index in [0.717, 1.165) is 28.1 Å². The van der Waals surface area contributed by atoms with Crippen LogP contribution < -0.4 is 14.8 Å². The van der Waals surface area contributed by atoms with Gasteiger partial charge >= 0.3 is 0 Å². The molecule has 0 aliphatic heterocycles. The summed E-state index contributed by atoms with van der Waals surface area (Å²) in [5.41, 5.74) is 3.97. The minimum Gasteiger partial charge on any atom is -0.497 e. The van der Waals surface area contributed by atoms with Crippen molar-refractivity contribution in [2.75, 3.05) is 19.0 Å². The van der Waals surface area contributed by atoms with E-state index in [1.807, 2.05) is 61.7 Å². The summed E-state index contributed by atoms with van der Waals surface area (Å²) in [5.74, 6) is 1.39. The van der Waals surface area contributed by atoms with E-state index in [4.69, 9.17) is 9.47 Å². The Kier molecular flexibility index (Phi) is 5.18. The normalized spacial score (nSPS) is 10.9. The number of aromatic nitrogens is 3. The Morgan fingerprint density at radius 3 is 2.86 bits per heavy atom. The van der Waals surface area contributed by atoms with Gasteiger partial charge in [-0.25, -0.2) is 4.52 Å². The molecule has 0 aliphatic carbocycles. The zero-order valence-corrected chi connectivity index (χ0v) is 17.1. The molecule has 0 spiro atoms. The minimum atomic E-state index is -0.313. The molecular weight excluding hydrogens is 388 g/mol. The number of nitrogens with one attached hydrogen (secondary N) is 1. The molecule has 0 fully saturated rings. The van der Waals surface area contributed by atoms with Crippen molar-refractivity contribution in [1.29, 1.82) is 0 Å².